The number of hydrogen-bond donors (Lipinski definition) is 0. The molecule has 1 aliphatic rings. The number of nitrogens with zero attached hydrogens (tertiary/aromatic N) is 3. The Kier molecular flexibility index (Phi) is 5.79. The van der Waals surface area contributed by atoms with Gasteiger partial charge in [-0.05, 0) is 55.8 Å². The van der Waals surface area contributed by atoms with Crippen molar-refractivity contribution in [3.05, 3.63) is 76.2 Å². The first-order valence-corrected chi connectivity index (χ1v) is 10.7. The largest absolute Gasteiger partial charge is 0.269 e. The molecule has 0 radical (unpaired) electrons. The minimum absolute atomic E-state index is 0.203. The van der Waals surface area contributed by atoms with Crippen LogP contribution in [0.15, 0.2) is 64.0 Å². The normalized spacial score (nSPS) is 14.1. The van der Waals surface area contributed by atoms with Crippen LogP contribution in [-0.2, 0) is 11.2 Å². The molecule has 1 amide bonds. The van der Waals surface area contributed by atoms with Gasteiger partial charge in [-0.15, -0.1) is 11.8 Å². The number of carbonyl (C=O) groups is 1. The van der Waals surface area contributed by atoms with Crippen LogP contribution < -0.4 is 0 Å². The van der Waals surface area contributed by atoms with Gasteiger partial charge in [-0.2, -0.15) is 0 Å². The van der Waals surface area contributed by atoms with E-state index >= 15 is 0 Å². The lowest BCUT2D eigenvalue weighted by molar-refractivity contribution is -0.113. The molecule has 2 aromatic carbocycles. The summed E-state index contributed by atoms with van der Waals surface area (Å²) in [6, 6.07) is 13.9. The van der Waals surface area contributed by atoms with Crippen LogP contribution in [0.3, 0.4) is 0 Å². The molecule has 0 aliphatic carbocycles. The van der Waals surface area contributed by atoms with Crippen molar-refractivity contribution in [2.45, 2.75) is 31.6 Å². The van der Waals surface area contributed by atoms with E-state index in [4.69, 9.17) is 11.6 Å². The summed E-state index contributed by atoms with van der Waals surface area (Å²) in [7, 11) is 0. The number of aryl methyl sites for hydroxylation is 2. The van der Waals surface area contributed by atoms with Crippen molar-refractivity contribution in [1.29, 1.82) is 0 Å². The molecule has 0 fully saturated rings. The van der Waals surface area contributed by atoms with Gasteiger partial charge in [0.05, 0.1) is 5.52 Å². The molecule has 0 bridgehead atoms. The Balaban J connectivity index is 1.46. The van der Waals surface area contributed by atoms with Crippen LogP contribution in [0.4, 0.5) is 0 Å². The standard InChI is InChI=1S/C23H20ClN3OS/c1-14-3-8-21-20(9-14)15(2)25-22(27-21)12-18-10-16(11-23(28)26-18)13-29-19-6-4-17(24)5-7-19/h3-9,11H,10,12-13H2,1-2H3. The highest BCUT2D eigenvalue weighted by molar-refractivity contribution is 7.99. The monoisotopic (exact) mass is 421 g/mol. The summed E-state index contributed by atoms with van der Waals surface area (Å²) in [5.74, 6) is 1.24. The Bertz CT molecular complexity index is 1150. The zero-order valence-corrected chi connectivity index (χ0v) is 17.8. The Morgan fingerprint density at radius 3 is 2.66 bits per heavy atom. The van der Waals surface area contributed by atoms with Gasteiger partial charge >= 0.3 is 0 Å². The maximum atomic E-state index is 12.1. The molecule has 6 heteroatoms. The van der Waals surface area contributed by atoms with E-state index < -0.39 is 0 Å². The average Bonchev–Trinajstić information content (AvgIpc) is 2.68. The third-order valence-electron chi connectivity index (χ3n) is 4.72. The maximum absolute atomic E-state index is 12.1. The number of halogens is 1. The number of fused-ring (bicyclic) bond motifs is 1. The van der Waals surface area contributed by atoms with Gasteiger partial charge in [-0.3, -0.25) is 4.79 Å². The van der Waals surface area contributed by atoms with E-state index in [2.05, 4.69) is 34.0 Å². The van der Waals surface area contributed by atoms with E-state index in [0.29, 0.717) is 18.7 Å². The molecule has 1 aliphatic heterocycles. The molecular weight excluding hydrogens is 402 g/mol. The number of dihydropyridines is 1. The number of carbonyl (C=O) groups excluding carboxylic acids is 1. The Morgan fingerprint density at radius 2 is 1.86 bits per heavy atom. The average molecular weight is 422 g/mol. The van der Waals surface area contributed by atoms with Gasteiger partial charge in [0, 0.05) is 51.4 Å². The Morgan fingerprint density at radius 1 is 1.07 bits per heavy atom. The number of amides is 1. The van der Waals surface area contributed by atoms with Gasteiger partial charge in [0.25, 0.3) is 5.91 Å². The molecule has 2 heterocycles. The molecule has 1 aromatic heterocycles. The van der Waals surface area contributed by atoms with Gasteiger partial charge in [0.1, 0.15) is 5.82 Å². The minimum Gasteiger partial charge on any atom is -0.267 e. The SMILES string of the molecule is Cc1ccc2nc(CC3=NC(=O)C=C(CSc4ccc(Cl)cc4)C3)nc(C)c2c1. The van der Waals surface area contributed by atoms with E-state index in [1.54, 1.807) is 17.8 Å². The highest BCUT2D eigenvalue weighted by Gasteiger charge is 2.16. The van der Waals surface area contributed by atoms with Gasteiger partial charge < -0.3 is 0 Å². The number of thioether (sulfide) groups is 1. The molecule has 29 heavy (non-hydrogen) atoms. The van der Waals surface area contributed by atoms with Crippen molar-refractivity contribution in [2.75, 3.05) is 5.75 Å². The molecule has 0 saturated heterocycles. The lowest BCUT2D eigenvalue weighted by atomic mass is 10.0. The lowest BCUT2D eigenvalue weighted by Gasteiger charge is -2.14. The van der Waals surface area contributed by atoms with Crippen LogP contribution >= 0.6 is 23.4 Å². The van der Waals surface area contributed by atoms with Gasteiger partial charge in [0.15, 0.2) is 0 Å². The van der Waals surface area contributed by atoms with Gasteiger partial charge in [-0.25, -0.2) is 15.0 Å². The minimum atomic E-state index is -0.203. The summed E-state index contributed by atoms with van der Waals surface area (Å²) >= 11 is 7.62. The molecule has 0 atom stereocenters. The van der Waals surface area contributed by atoms with E-state index in [9.17, 15) is 4.79 Å². The van der Waals surface area contributed by atoms with Crippen LogP contribution in [0.2, 0.25) is 5.02 Å². The van der Waals surface area contributed by atoms with Crippen molar-refractivity contribution in [2.24, 2.45) is 4.99 Å². The summed E-state index contributed by atoms with van der Waals surface area (Å²) in [4.78, 5) is 26.8. The van der Waals surface area contributed by atoms with Crippen molar-refractivity contribution >= 4 is 45.9 Å². The number of aromatic nitrogens is 2. The Hall–Kier alpha value is -2.50. The van der Waals surface area contributed by atoms with E-state index in [1.807, 2.05) is 37.3 Å². The van der Waals surface area contributed by atoms with Crippen molar-refractivity contribution < 1.29 is 4.79 Å². The molecule has 4 rings (SSSR count). The fourth-order valence-electron chi connectivity index (χ4n) is 3.33. The molecule has 0 unspecified atom stereocenters. The van der Waals surface area contributed by atoms with E-state index in [1.165, 1.54) is 5.56 Å². The van der Waals surface area contributed by atoms with E-state index in [0.717, 1.165) is 43.6 Å². The Labute approximate surface area is 179 Å². The predicted molar refractivity (Wildman–Crippen MR) is 120 cm³/mol. The first-order chi connectivity index (χ1) is 14.0. The second kappa shape index (κ2) is 8.47. The second-order valence-electron chi connectivity index (χ2n) is 7.16. The predicted octanol–water partition coefficient (Wildman–Crippen LogP) is 5.53. The van der Waals surface area contributed by atoms with Crippen LogP contribution in [0.5, 0.6) is 0 Å². The molecule has 146 valence electrons. The quantitative estimate of drug-likeness (QED) is 0.508. The van der Waals surface area contributed by atoms with Crippen molar-refractivity contribution in [1.82, 2.24) is 9.97 Å². The highest BCUT2D eigenvalue weighted by Crippen LogP contribution is 2.25. The molecule has 0 N–H and O–H groups in total. The van der Waals surface area contributed by atoms with Crippen LogP contribution in [0.25, 0.3) is 10.9 Å². The molecule has 0 saturated carbocycles. The highest BCUT2D eigenvalue weighted by atomic mass is 35.5. The molecular formula is C23H20ClN3OS. The third-order valence-corrected chi connectivity index (χ3v) is 6.09. The molecule has 4 nitrogen and oxygen atoms in total. The number of benzene rings is 2. The fourth-order valence-corrected chi connectivity index (χ4v) is 4.33. The smallest absolute Gasteiger partial charge is 0.267 e. The van der Waals surface area contributed by atoms with E-state index in [-0.39, 0.29) is 5.91 Å². The summed E-state index contributed by atoms with van der Waals surface area (Å²) in [6.45, 7) is 4.06. The summed E-state index contributed by atoms with van der Waals surface area (Å²) in [5.41, 5.74) is 4.94. The van der Waals surface area contributed by atoms with Gasteiger partial charge in [-0.1, -0.05) is 23.2 Å². The first-order valence-electron chi connectivity index (χ1n) is 9.38. The zero-order chi connectivity index (χ0) is 20.4. The number of aliphatic imine (C=N–C) groups is 1. The zero-order valence-electron chi connectivity index (χ0n) is 16.3. The van der Waals surface area contributed by atoms with Crippen LogP contribution in [0, 0.1) is 13.8 Å². The van der Waals surface area contributed by atoms with Gasteiger partial charge in [0.2, 0.25) is 0 Å². The second-order valence-corrected chi connectivity index (χ2v) is 8.65. The maximum Gasteiger partial charge on any atom is 0.269 e. The topological polar surface area (TPSA) is 55.2 Å². The molecule has 0 spiro atoms. The number of rotatable bonds is 5. The fraction of sp³-hybridized carbons (Fsp3) is 0.217. The van der Waals surface area contributed by atoms with Crippen molar-refractivity contribution in [3.63, 3.8) is 0 Å². The number of hydrogen-bond acceptors (Lipinski definition) is 4. The van der Waals surface area contributed by atoms with Crippen LogP contribution in [-0.4, -0.2) is 27.3 Å². The third kappa shape index (κ3) is 4.92. The van der Waals surface area contributed by atoms with Crippen LogP contribution in [0.1, 0.15) is 23.5 Å². The summed E-state index contributed by atoms with van der Waals surface area (Å²) < 4.78 is 0. The first kappa shape index (κ1) is 19.8. The summed E-state index contributed by atoms with van der Waals surface area (Å²) in [5, 5.41) is 1.78. The summed E-state index contributed by atoms with van der Waals surface area (Å²) in [6.07, 6.45) is 2.79. The van der Waals surface area contributed by atoms with Crippen molar-refractivity contribution in [3.8, 4) is 0 Å². The lowest BCUT2D eigenvalue weighted by Crippen LogP contribution is -2.15. The molecule has 3 aromatic rings.